The molecule has 0 saturated carbocycles. The van der Waals surface area contributed by atoms with Crippen molar-refractivity contribution in [3.8, 4) is 0 Å². The van der Waals surface area contributed by atoms with E-state index in [4.69, 9.17) is 10.5 Å². The van der Waals surface area contributed by atoms with Crippen LogP contribution < -0.4 is 11.1 Å². The molecule has 0 saturated heterocycles. The van der Waals surface area contributed by atoms with Crippen LogP contribution in [0.5, 0.6) is 0 Å². The molecule has 2 heterocycles. The molecule has 2 aromatic heterocycles. The van der Waals surface area contributed by atoms with E-state index in [1.165, 1.54) is 0 Å². The maximum absolute atomic E-state index is 11.7. The minimum atomic E-state index is -0.432. The summed E-state index contributed by atoms with van der Waals surface area (Å²) in [5, 5.41) is 2.73. The Morgan fingerprint density at radius 3 is 2.92 bits per heavy atom. The number of anilines is 1. The molecule has 25 heavy (non-hydrogen) atoms. The van der Waals surface area contributed by atoms with Gasteiger partial charge in [0.15, 0.2) is 0 Å². The topological polar surface area (TPSA) is 95.1 Å². The van der Waals surface area contributed by atoms with Gasteiger partial charge in [-0.2, -0.15) is 0 Å². The van der Waals surface area contributed by atoms with E-state index in [9.17, 15) is 4.79 Å². The Morgan fingerprint density at radius 1 is 1.32 bits per heavy atom. The Morgan fingerprint density at radius 2 is 2.12 bits per heavy atom. The van der Waals surface area contributed by atoms with E-state index < -0.39 is 6.09 Å². The highest BCUT2D eigenvalue weighted by molar-refractivity contribution is 9.10. The third-order valence-electron chi connectivity index (χ3n) is 3.67. The van der Waals surface area contributed by atoms with Crippen molar-refractivity contribution in [2.75, 3.05) is 12.3 Å². The first-order valence-electron chi connectivity index (χ1n) is 7.85. The van der Waals surface area contributed by atoms with E-state index in [-0.39, 0.29) is 6.61 Å². The number of aromatic nitrogens is 3. The van der Waals surface area contributed by atoms with Crippen molar-refractivity contribution >= 4 is 39.0 Å². The first-order valence-corrected chi connectivity index (χ1v) is 8.64. The summed E-state index contributed by atoms with van der Waals surface area (Å²) >= 11 is 3.31. The van der Waals surface area contributed by atoms with Gasteiger partial charge in [-0.3, -0.25) is 0 Å². The number of hydrogen-bond donors (Lipinski definition) is 2. The van der Waals surface area contributed by atoms with Gasteiger partial charge in [0.25, 0.3) is 0 Å². The zero-order valence-corrected chi connectivity index (χ0v) is 15.1. The van der Waals surface area contributed by atoms with Crippen LogP contribution in [0.3, 0.4) is 0 Å². The number of imidazole rings is 1. The molecule has 0 unspecified atom stereocenters. The summed E-state index contributed by atoms with van der Waals surface area (Å²) in [6.07, 6.45) is 1.99. The summed E-state index contributed by atoms with van der Waals surface area (Å²) in [5.74, 6) is 0.432. The molecule has 0 fully saturated rings. The molecule has 130 valence electrons. The van der Waals surface area contributed by atoms with Gasteiger partial charge in [-0.1, -0.05) is 30.3 Å². The Bertz CT molecular complexity index is 866. The molecule has 3 aromatic rings. The number of nitrogen functional groups attached to an aromatic ring is 1. The second-order valence-corrected chi connectivity index (χ2v) is 6.27. The summed E-state index contributed by atoms with van der Waals surface area (Å²) in [5.41, 5.74) is 8.56. The summed E-state index contributed by atoms with van der Waals surface area (Å²) in [6.45, 7) is 1.37. The highest BCUT2D eigenvalue weighted by Crippen LogP contribution is 2.20. The fourth-order valence-corrected chi connectivity index (χ4v) is 2.77. The second-order valence-electron chi connectivity index (χ2n) is 5.46. The number of nitrogens with two attached hydrogens (primary N) is 1. The van der Waals surface area contributed by atoms with Crippen LogP contribution in [-0.4, -0.2) is 27.2 Å². The molecule has 8 heteroatoms. The van der Waals surface area contributed by atoms with Crippen LogP contribution in [0.15, 0.2) is 47.2 Å². The predicted molar refractivity (Wildman–Crippen MR) is 98.9 cm³/mol. The Balaban J connectivity index is 1.45. The van der Waals surface area contributed by atoms with Crippen molar-refractivity contribution in [3.63, 3.8) is 0 Å². The van der Waals surface area contributed by atoms with Crippen LogP contribution in [0.2, 0.25) is 0 Å². The van der Waals surface area contributed by atoms with Crippen LogP contribution in [0.25, 0.3) is 11.0 Å². The smallest absolute Gasteiger partial charge is 0.407 e. The Kier molecular flexibility index (Phi) is 5.49. The van der Waals surface area contributed by atoms with Gasteiger partial charge in [0, 0.05) is 13.1 Å². The fraction of sp³-hybridized carbons (Fsp3) is 0.235. The van der Waals surface area contributed by atoms with Gasteiger partial charge in [0.1, 0.15) is 11.2 Å². The van der Waals surface area contributed by atoms with E-state index in [1.54, 1.807) is 6.20 Å². The molecule has 1 aromatic carbocycles. The quantitative estimate of drug-likeness (QED) is 0.486. The largest absolute Gasteiger partial charge is 0.445 e. The molecule has 3 N–H and O–H groups in total. The van der Waals surface area contributed by atoms with Crippen molar-refractivity contribution < 1.29 is 9.53 Å². The Hall–Kier alpha value is -2.61. The van der Waals surface area contributed by atoms with Gasteiger partial charge in [-0.15, -0.1) is 0 Å². The maximum atomic E-state index is 11.7. The second kappa shape index (κ2) is 7.98. The number of rotatable bonds is 6. The molecule has 7 nitrogen and oxygen atoms in total. The molecule has 3 rings (SSSR count). The van der Waals surface area contributed by atoms with Gasteiger partial charge in [0.2, 0.25) is 5.95 Å². The fourth-order valence-electron chi connectivity index (χ4n) is 2.45. The molecule has 0 atom stereocenters. The van der Waals surface area contributed by atoms with Gasteiger partial charge < -0.3 is 20.4 Å². The SMILES string of the molecule is Nc1nc2cc(Br)ncc2n1CCCNC(=O)OCc1ccccc1. The van der Waals surface area contributed by atoms with Gasteiger partial charge in [0.05, 0.1) is 17.2 Å². The van der Waals surface area contributed by atoms with E-state index in [1.807, 2.05) is 41.0 Å². The van der Waals surface area contributed by atoms with E-state index >= 15 is 0 Å². The predicted octanol–water partition coefficient (Wildman–Crippen LogP) is 3.09. The highest BCUT2D eigenvalue weighted by Gasteiger charge is 2.09. The van der Waals surface area contributed by atoms with Crippen molar-refractivity contribution in [3.05, 3.63) is 52.8 Å². The van der Waals surface area contributed by atoms with Crippen LogP contribution in [-0.2, 0) is 17.9 Å². The number of pyridine rings is 1. The molecule has 0 spiro atoms. The summed E-state index contributed by atoms with van der Waals surface area (Å²) in [4.78, 5) is 20.2. The Labute approximate surface area is 153 Å². The third kappa shape index (κ3) is 4.48. The van der Waals surface area contributed by atoms with Crippen molar-refractivity contribution in [2.45, 2.75) is 19.6 Å². The lowest BCUT2D eigenvalue weighted by Crippen LogP contribution is -2.26. The van der Waals surface area contributed by atoms with Gasteiger partial charge in [-0.05, 0) is 34.0 Å². The zero-order chi connectivity index (χ0) is 17.6. The molecule has 0 aliphatic carbocycles. The number of halogens is 1. The zero-order valence-electron chi connectivity index (χ0n) is 13.5. The molecule has 1 amide bonds. The number of nitrogens with zero attached hydrogens (tertiary/aromatic N) is 3. The van der Waals surface area contributed by atoms with Crippen LogP contribution in [0.1, 0.15) is 12.0 Å². The summed E-state index contributed by atoms with van der Waals surface area (Å²) in [7, 11) is 0. The first kappa shape index (κ1) is 17.2. The average molecular weight is 404 g/mol. The molecule has 0 aliphatic heterocycles. The lowest BCUT2D eigenvalue weighted by Gasteiger charge is -2.08. The number of hydrogen-bond acceptors (Lipinski definition) is 5. The van der Waals surface area contributed by atoms with Crippen LogP contribution in [0.4, 0.5) is 10.7 Å². The van der Waals surface area contributed by atoms with E-state index in [0.717, 1.165) is 16.6 Å². The highest BCUT2D eigenvalue weighted by atomic mass is 79.9. The molecule has 0 radical (unpaired) electrons. The number of benzene rings is 1. The lowest BCUT2D eigenvalue weighted by molar-refractivity contribution is 0.139. The van der Waals surface area contributed by atoms with Crippen LogP contribution in [0, 0.1) is 0 Å². The van der Waals surface area contributed by atoms with Gasteiger partial charge >= 0.3 is 6.09 Å². The summed E-state index contributed by atoms with van der Waals surface area (Å²) in [6, 6.07) is 11.4. The molecular weight excluding hydrogens is 386 g/mol. The lowest BCUT2D eigenvalue weighted by atomic mass is 10.2. The number of carbonyl (C=O) groups is 1. The monoisotopic (exact) mass is 403 g/mol. The van der Waals surface area contributed by atoms with Crippen LogP contribution >= 0.6 is 15.9 Å². The number of fused-ring (bicyclic) bond motifs is 1. The number of aryl methyl sites for hydroxylation is 1. The number of carbonyl (C=O) groups excluding carboxylic acids is 1. The van der Waals surface area contributed by atoms with Crippen molar-refractivity contribution in [2.24, 2.45) is 0 Å². The van der Waals surface area contributed by atoms with Gasteiger partial charge in [-0.25, -0.2) is 14.8 Å². The molecular formula is C17H18BrN5O2. The molecule has 0 bridgehead atoms. The average Bonchev–Trinajstić information content (AvgIpc) is 2.92. The van der Waals surface area contributed by atoms with E-state index in [2.05, 4.69) is 31.2 Å². The number of ether oxygens (including phenoxy) is 1. The van der Waals surface area contributed by atoms with Crippen molar-refractivity contribution in [1.29, 1.82) is 0 Å². The number of alkyl carbamates (subject to hydrolysis) is 1. The van der Waals surface area contributed by atoms with E-state index in [0.29, 0.717) is 30.1 Å². The third-order valence-corrected chi connectivity index (χ3v) is 4.11. The minimum Gasteiger partial charge on any atom is -0.445 e. The standard InChI is InChI=1S/C17H18BrN5O2/c18-15-9-13-14(10-21-15)23(16(19)22-13)8-4-7-20-17(24)25-11-12-5-2-1-3-6-12/h1-3,5-6,9-10H,4,7-8,11H2,(H2,19,22)(H,20,24). The summed E-state index contributed by atoms with van der Waals surface area (Å²) < 4.78 is 7.76. The normalized spacial score (nSPS) is 10.8. The minimum absolute atomic E-state index is 0.256. The number of amides is 1. The van der Waals surface area contributed by atoms with Crippen molar-refractivity contribution in [1.82, 2.24) is 19.9 Å². The first-order chi connectivity index (χ1) is 12.1. The maximum Gasteiger partial charge on any atom is 0.407 e. The number of nitrogens with one attached hydrogen (secondary N) is 1. The molecule has 0 aliphatic rings.